The summed E-state index contributed by atoms with van der Waals surface area (Å²) in [6.45, 7) is 3.40. The van der Waals surface area contributed by atoms with E-state index in [0.717, 1.165) is 22.3 Å². The zero-order valence-electron chi connectivity index (χ0n) is 23.1. The van der Waals surface area contributed by atoms with E-state index in [0.29, 0.717) is 6.54 Å². The van der Waals surface area contributed by atoms with Crippen LogP contribution >= 0.6 is 0 Å². The highest BCUT2D eigenvalue weighted by molar-refractivity contribution is 7.91. The number of hydrogen-bond acceptors (Lipinski definition) is 8. The SMILES string of the molecule is CC[C@@H](Oc1nc(Oc2cc(C)cc(-c3cccc(CN)c3)c2)c(F)c(CC(=O)N2CCS(=O)(=O)CC2)c1F)C(=O)O. The van der Waals surface area contributed by atoms with Crippen LogP contribution in [-0.2, 0) is 32.4 Å². The number of hydrogen-bond donors (Lipinski definition) is 2. The normalized spacial score (nSPS) is 15.2. The molecule has 1 aromatic heterocycles. The van der Waals surface area contributed by atoms with E-state index < -0.39 is 63.2 Å². The summed E-state index contributed by atoms with van der Waals surface area (Å²) in [5.74, 6) is -6.65. The molecule has 0 radical (unpaired) electrons. The molecule has 0 spiro atoms. The molecule has 3 aromatic rings. The molecule has 1 aliphatic heterocycles. The first-order valence-electron chi connectivity index (χ1n) is 13.2. The monoisotopic (exact) mass is 603 g/mol. The number of pyridine rings is 1. The Morgan fingerprint density at radius 1 is 1.07 bits per heavy atom. The molecule has 0 aliphatic carbocycles. The number of carboxylic acid groups (broad SMARTS) is 1. The Kier molecular flexibility index (Phi) is 9.42. The lowest BCUT2D eigenvalue weighted by Crippen LogP contribution is -2.44. The molecule has 1 saturated heterocycles. The molecule has 0 unspecified atom stereocenters. The molecule has 0 saturated carbocycles. The van der Waals surface area contributed by atoms with E-state index in [1.165, 1.54) is 11.8 Å². The van der Waals surface area contributed by atoms with Gasteiger partial charge in [-0.15, -0.1) is 0 Å². The molecule has 1 atom stereocenters. The number of aryl methyl sites for hydroxylation is 1. The Balaban J connectivity index is 1.72. The summed E-state index contributed by atoms with van der Waals surface area (Å²) < 4.78 is 65.8. The number of benzene rings is 2. The van der Waals surface area contributed by atoms with Gasteiger partial charge >= 0.3 is 5.97 Å². The summed E-state index contributed by atoms with van der Waals surface area (Å²) in [5, 5.41) is 9.42. The van der Waals surface area contributed by atoms with E-state index in [4.69, 9.17) is 15.2 Å². The van der Waals surface area contributed by atoms with Crippen LogP contribution < -0.4 is 15.2 Å². The van der Waals surface area contributed by atoms with E-state index >= 15 is 8.78 Å². The van der Waals surface area contributed by atoms with E-state index in [9.17, 15) is 23.1 Å². The van der Waals surface area contributed by atoms with Crippen LogP contribution in [0, 0.1) is 18.6 Å². The molecule has 224 valence electrons. The molecule has 13 heteroatoms. The molecule has 2 aromatic carbocycles. The second kappa shape index (κ2) is 12.8. The van der Waals surface area contributed by atoms with Crippen molar-refractivity contribution >= 4 is 21.7 Å². The molecule has 1 fully saturated rings. The largest absolute Gasteiger partial charge is 0.479 e. The molecule has 3 N–H and O–H groups in total. The first kappa shape index (κ1) is 30.8. The van der Waals surface area contributed by atoms with Gasteiger partial charge < -0.3 is 25.2 Å². The maximum absolute atomic E-state index is 15.8. The van der Waals surface area contributed by atoms with Crippen molar-refractivity contribution in [3.63, 3.8) is 0 Å². The van der Waals surface area contributed by atoms with E-state index in [-0.39, 0.29) is 36.8 Å². The Hall–Kier alpha value is -4.10. The first-order chi connectivity index (χ1) is 19.9. The second-order valence-corrected chi connectivity index (χ2v) is 12.2. The van der Waals surface area contributed by atoms with Crippen LogP contribution in [-0.4, -0.2) is 66.0 Å². The summed E-state index contributed by atoms with van der Waals surface area (Å²) >= 11 is 0. The number of rotatable bonds is 10. The fraction of sp³-hybridized carbons (Fsp3) is 0.345. The van der Waals surface area contributed by atoms with Crippen LogP contribution in [0.1, 0.15) is 30.0 Å². The number of nitrogens with two attached hydrogens (primary N) is 1. The molecular weight excluding hydrogens is 572 g/mol. The molecule has 0 bridgehead atoms. The van der Waals surface area contributed by atoms with Crippen molar-refractivity contribution < 1.29 is 41.4 Å². The van der Waals surface area contributed by atoms with Gasteiger partial charge in [-0.1, -0.05) is 31.2 Å². The summed E-state index contributed by atoms with van der Waals surface area (Å²) in [6.07, 6.45) is -2.34. The van der Waals surface area contributed by atoms with Crippen LogP contribution in [0.25, 0.3) is 11.1 Å². The summed E-state index contributed by atoms with van der Waals surface area (Å²) in [7, 11) is -3.30. The first-order valence-corrected chi connectivity index (χ1v) is 15.1. The summed E-state index contributed by atoms with van der Waals surface area (Å²) in [4.78, 5) is 29.5. The van der Waals surface area contributed by atoms with E-state index in [1.807, 2.05) is 30.3 Å². The third-order valence-corrected chi connectivity index (χ3v) is 8.40. The maximum atomic E-state index is 15.8. The van der Waals surface area contributed by atoms with Gasteiger partial charge in [0.25, 0.3) is 11.8 Å². The lowest BCUT2D eigenvalue weighted by atomic mass is 10.0. The number of nitrogens with zero attached hydrogens (tertiary/aromatic N) is 2. The van der Waals surface area contributed by atoms with Gasteiger partial charge in [-0.3, -0.25) is 4.79 Å². The van der Waals surface area contributed by atoms with Crippen LogP contribution in [0.5, 0.6) is 17.5 Å². The number of amides is 1. The Labute approximate surface area is 242 Å². The minimum atomic E-state index is -3.30. The molecule has 4 rings (SSSR count). The van der Waals surface area contributed by atoms with Crippen molar-refractivity contribution in [3.8, 4) is 28.6 Å². The number of carbonyl (C=O) groups excluding carboxylic acids is 1. The third kappa shape index (κ3) is 7.21. The van der Waals surface area contributed by atoms with Gasteiger partial charge in [-0.2, -0.15) is 4.98 Å². The minimum Gasteiger partial charge on any atom is -0.479 e. The number of carboxylic acids is 1. The van der Waals surface area contributed by atoms with Gasteiger partial charge in [0.15, 0.2) is 27.6 Å². The summed E-state index contributed by atoms with van der Waals surface area (Å²) in [6, 6.07) is 12.6. The lowest BCUT2D eigenvalue weighted by molar-refractivity contribution is -0.145. The predicted molar refractivity (Wildman–Crippen MR) is 150 cm³/mol. The van der Waals surface area contributed by atoms with Crippen LogP contribution in [0.2, 0.25) is 0 Å². The van der Waals surface area contributed by atoms with E-state index in [2.05, 4.69) is 4.98 Å². The minimum absolute atomic E-state index is 0.0519. The van der Waals surface area contributed by atoms with E-state index in [1.54, 1.807) is 19.1 Å². The summed E-state index contributed by atoms with van der Waals surface area (Å²) in [5.41, 5.74) is 8.23. The zero-order valence-corrected chi connectivity index (χ0v) is 23.9. The van der Waals surface area contributed by atoms with Crippen LogP contribution in [0.4, 0.5) is 8.78 Å². The highest BCUT2D eigenvalue weighted by Crippen LogP contribution is 2.34. The third-order valence-electron chi connectivity index (χ3n) is 6.80. The number of sulfone groups is 1. The average molecular weight is 604 g/mol. The number of aromatic nitrogens is 1. The average Bonchev–Trinajstić information content (AvgIpc) is 2.95. The van der Waals surface area contributed by atoms with Gasteiger partial charge in [0.2, 0.25) is 5.91 Å². The quantitative estimate of drug-likeness (QED) is 0.354. The number of aliphatic carboxylic acids is 1. The van der Waals surface area contributed by atoms with Gasteiger partial charge in [0, 0.05) is 25.2 Å². The molecule has 1 amide bonds. The topological polar surface area (TPSA) is 149 Å². The highest BCUT2D eigenvalue weighted by Gasteiger charge is 2.31. The van der Waals surface area contributed by atoms with Gasteiger partial charge in [-0.25, -0.2) is 22.0 Å². The standard InChI is InChI=1S/C29H31F2N3O7S/c1-3-23(29(36)37)41-28-26(31)22(15-24(35)34-7-9-42(38,39)10-8-34)25(30)27(33-28)40-21-12-17(2)11-20(14-21)19-6-4-5-18(13-19)16-32/h4-6,11-14,23H,3,7-10,15-16,32H2,1-2H3,(H,36,37)/t23-/m1/s1. The van der Waals surface area contributed by atoms with Crippen molar-refractivity contribution in [1.82, 2.24) is 9.88 Å². The Bertz CT molecular complexity index is 1600. The highest BCUT2D eigenvalue weighted by atomic mass is 32.2. The number of carbonyl (C=O) groups is 2. The molecule has 42 heavy (non-hydrogen) atoms. The van der Waals surface area contributed by atoms with Crippen LogP contribution in [0.15, 0.2) is 42.5 Å². The number of halogens is 2. The van der Waals surface area contributed by atoms with Gasteiger partial charge in [0.1, 0.15) is 5.75 Å². The maximum Gasteiger partial charge on any atom is 0.344 e. The fourth-order valence-corrected chi connectivity index (χ4v) is 5.68. The Morgan fingerprint density at radius 2 is 1.76 bits per heavy atom. The molecule has 1 aliphatic rings. The van der Waals surface area contributed by atoms with Gasteiger partial charge in [-0.05, 0) is 53.8 Å². The molecule has 2 heterocycles. The van der Waals surface area contributed by atoms with Crippen LogP contribution in [0.3, 0.4) is 0 Å². The van der Waals surface area contributed by atoms with Crippen molar-refractivity contribution in [2.45, 2.75) is 39.3 Å². The second-order valence-electron chi connectivity index (χ2n) is 9.93. The van der Waals surface area contributed by atoms with Gasteiger partial charge in [0.05, 0.1) is 17.9 Å². The zero-order chi connectivity index (χ0) is 30.6. The molecular formula is C29H31F2N3O7S. The smallest absolute Gasteiger partial charge is 0.344 e. The molecule has 10 nitrogen and oxygen atoms in total. The lowest BCUT2D eigenvalue weighted by Gasteiger charge is -2.27. The van der Waals surface area contributed by atoms with Crippen molar-refractivity contribution in [1.29, 1.82) is 0 Å². The van der Waals surface area contributed by atoms with Crippen molar-refractivity contribution in [3.05, 3.63) is 70.8 Å². The predicted octanol–water partition coefficient (Wildman–Crippen LogP) is 3.63. The van der Waals surface area contributed by atoms with Crippen molar-refractivity contribution in [2.75, 3.05) is 24.6 Å². The Morgan fingerprint density at radius 3 is 2.40 bits per heavy atom. The fourth-order valence-electron chi connectivity index (χ4n) is 4.48. The van der Waals surface area contributed by atoms with Crippen molar-refractivity contribution in [2.24, 2.45) is 5.73 Å². The number of ether oxygens (including phenoxy) is 2.